The average molecular weight is 295 g/mol. The van der Waals surface area contributed by atoms with Crippen LogP contribution in [0.2, 0.25) is 0 Å². The number of fused-ring (bicyclic) bond motifs is 2. The highest BCUT2D eigenvalue weighted by Crippen LogP contribution is 2.42. The average Bonchev–Trinajstić information content (AvgIpc) is 3.25. The number of hydrogen-bond donors (Lipinski definition) is 1. The number of ether oxygens (including phenoxy) is 2. The monoisotopic (exact) mass is 295 g/mol. The summed E-state index contributed by atoms with van der Waals surface area (Å²) in [5.41, 5.74) is 0.840. The van der Waals surface area contributed by atoms with Crippen LogP contribution in [0.15, 0.2) is 17.0 Å². The van der Waals surface area contributed by atoms with Crippen LogP contribution in [0.3, 0.4) is 0 Å². The van der Waals surface area contributed by atoms with Gasteiger partial charge >= 0.3 is 0 Å². The van der Waals surface area contributed by atoms with E-state index in [0.717, 1.165) is 5.56 Å². The summed E-state index contributed by atoms with van der Waals surface area (Å²) in [4.78, 5) is 0.408. The minimum absolute atomic E-state index is 0.108. The zero-order valence-electron chi connectivity index (χ0n) is 11.1. The minimum atomic E-state index is -3.20. The van der Waals surface area contributed by atoms with Crippen LogP contribution < -0.4 is 14.8 Å². The van der Waals surface area contributed by atoms with Gasteiger partial charge in [0.05, 0.1) is 10.6 Å². The predicted octanol–water partition coefficient (Wildman–Crippen LogP) is 1.43. The molecule has 4 rings (SSSR count). The standard InChI is InChI=1S/C14H17NO4S/c16-20(17)6-3-11(15-9-1-2-9)10-7-12-13(8-14(10)20)19-5-4-18-12/h7-9,11,15H,1-6H2. The Morgan fingerprint density at radius 3 is 2.45 bits per heavy atom. The van der Waals surface area contributed by atoms with Crippen molar-refractivity contribution in [2.75, 3.05) is 19.0 Å². The Bertz CT molecular complexity index is 651. The van der Waals surface area contributed by atoms with Gasteiger partial charge in [0.2, 0.25) is 0 Å². The normalized spacial score (nSPS) is 26.9. The molecule has 1 saturated carbocycles. The van der Waals surface area contributed by atoms with E-state index in [0.29, 0.717) is 42.1 Å². The van der Waals surface area contributed by atoms with Gasteiger partial charge in [-0.25, -0.2) is 8.42 Å². The number of nitrogens with one attached hydrogen (secondary N) is 1. The fourth-order valence-corrected chi connectivity index (χ4v) is 4.49. The van der Waals surface area contributed by atoms with E-state index in [1.165, 1.54) is 12.8 Å². The maximum atomic E-state index is 12.3. The van der Waals surface area contributed by atoms with Gasteiger partial charge in [-0.2, -0.15) is 0 Å². The number of benzene rings is 1. The Balaban J connectivity index is 1.81. The number of hydrogen-bond acceptors (Lipinski definition) is 5. The smallest absolute Gasteiger partial charge is 0.178 e. The fourth-order valence-electron chi connectivity index (χ4n) is 2.87. The molecule has 1 aliphatic carbocycles. The quantitative estimate of drug-likeness (QED) is 0.894. The molecule has 1 atom stereocenters. The first-order valence-corrected chi connectivity index (χ1v) is 8.71. The van der Waals surface area contributed by atoms with Gasteiger partial charge in [-0.1, -0.05) is 0 Å². The molecule has 108 valence electrons. The molecule has 2 heterocycles. The summed E-state index contributed by atoms with van der Waals surface area (Å²) in [6.07, 6.45) is 3.00. The van der Waals surface area contributed by atoms with E-state index in [9.17, 15) is 8.42 Å². The third kappa shape index (κ3) is 2.07. The molecule has 1 aromatic carbocycles. The van der Waals surface area contributed by atoms with Gasteiger partial charge in [0.1, 0.15) is 13.2 Å². The fraction of sp³-hybridized carbons (Fsp3) is 0.571. The van der Waals surface area contributed by atoms with Gasteiger partial charge in [-0.05, 0) is 30.9 Å². The van der Waals surface area contributed by atoms with E-state index >= 15 is 0 Å². The van der Waals surface area contributed by atoms with Gasteiger partial charge in [0, 0.05) is 18.2 Å². The van der Waals surface area contributed by atoms with Crippen molar-refractivity contribution < 1.29 is 17.9 Å². The maximum absolute atomic E-state index is 12.3. The SMILES string of the molecule is O=S1(=O)CCC(NC2CC2)c2cc3c(cc21)OCCO3. The van der Waals surface area contributed by atoms with E-state index in [1.54, 1.807) is 6.07 Å². The van der Waals surface area contributed by atoms with Crippen molar-refractivity contribution in [1.82, 2.24) is 5.32 Å². The van der Waals surface area contributed by atoms with Crippen molar-refractivity contribution >= 4 is 9.84 Å². The van der Waals surface area contributed by atoms with Gasteiger partial charge in [-0.15, -0.1) is 0 Å². The molecule has 0 aromatic heterocycles. The van der Waals surface area contributed by atoms with Crippen LogP contribution in [0.4, 0.5) is 0 Å². The molecule has 0 amide bonds. The first-order chi connectivity index (χ1) is 9.63. The lowest BCUT2D eigenvalue weighted by Gasteiger charge is -2.29. The highest BCUT2D eigenvalue weighted by molar-refractivity contribution is 7.91. The Labute approximate surface area is 118 Å². The molecule has 1 unspecified atom stereocenters. The van der Waals surface area contributed by atoms with Gasteiger partial charge in [0.15, 0.2) is 21.3 Å². The van der Waals surface area contributed by atoms with Gasteiger partial charge < -0.3 is 14.8 Å². The van der Waals surface area contributed by atoms with Crippen LogP contribution in [0, 0.1) is 0 Å². The van der Waals surface area contributed by atoms with Crippen LogP contribution in [-0.2, 0) is 9.84 Å². The van der Waals surface area contributed by atoms with Crippen molar-refractivity contribution in [3.63, 3.8) is 0 Å². The molecule has 20 heavy (non-hydrogen) atoms. The highest BCUT2D eigenvalue weighted by atomic mass is 32.2. The molecule has 0 radical (unpaired) electrons. The molecular formula is C14H17NO4S. The summed E-state index contributed by atoms with van der Waals surface area (Å²) in [5, 5.41) is 3.53. The molecule has 1 N–H and O–H groups in total. The van der Waals surface area contributed by atoms with E-state index in [2.05, 4.69) is 5.32 Å². The lowest BCUT2D eigenvalue weighted by molar-refractivity contribution is 0.170. The van der Waals surface area contributed by atoms with Gasteiger partial charge in [0.25, 0.3) is 0 Å². The molecule has 0 spiro atoms. The summed E-state index contributed by atoms with van der Waals surface area (Å²) >= 11 is 0. The van der Waals surface area contributed by atoms with Crippen LogP contribution in [0.25, 0.3) is 0 Å². The van der Waals surface area contributed by atoms with E-state index < -0.39 is 9.84 Å². The predicted molar refractivity (Wildman–Crippen MR) is 73.0 cm³/mol. The topological polar surface area (TPSA) is 64.6 Å². The summed E-state index contributed by atoms with van der Waals surface area (Å²) in [5.74, 6) is 1.41. The van der Waals surface area contributed by atoms with E-state index in [4.69, 9.17) is 9.47 Å². The summed E-state index contributed by atoms with van der Waals surface area (Å²) in [6.45, 7) is 0.981. The zero-order chi connectivity index (χ0) is 13.7. The number of sulfone groups is 1. The molecule has 5 nitrogen and oxygen atoms in total. The van der Waals surface area contributed by atoms with Crippen molar-refractivity contribution in [2.45, 2.75) is 36.2 Å². The third-order valence-corrected chi connectivity index (χ3v) is 5.87. The molecule has 0 saturated heterocycles. The Kier molecular flexibility index (Phi) is 2.72. The molecule has 0 bridgehead atoms. The zero-order valence-corrected chi connectivity index (χ0v) is 11.9. The molecule has 6 heteroatoms. The van der Waals surface area contributed by atoms with Crippen molar-refractivity contribution in [3.8, 4) is 11.5 Å². The summed E-state index contributed by atoms with van der Waals surface area (Å²) < 4.78 is 35.6. The van der Waals surface area contributed by atoms with Crippen LogP contribution in [0.1, 0.15) is 30.9 Å². The maximum Gasteiger partial charge on any atom is 0.178 e. The lowest BCUT2D eigenvalue weighted by atomic mass is 10.0. The third-order valence-electron chi connectivity index (χ3n) is 4.07. The van der Waals surface area contributed by atoms with Gasteiger partial charge in [-0.3, -0.25) is 0 Å². The second-order valence-electron chi connectivity index (χ2n) is 5.63. The lowest BCUT2D eigenvalue weighted by Crippen LogP contribution is -2.31. The Morgan fingerprint density at radius 2 is 1.75 bits per heavy atom. The van der Waals surface area contributed by atoms with Crippen LogP contribution in [-0.4, -0.2) is 33.4 Å². The van der Waals surface area contributed by atoms with Crippen molar-refractivity contribution in [2.24, 2.45) is 0 Å². The first-order valence-electron chi connectivity index (χ1n) is 7.06. The van der Waals surface area contributed by atoms with Crippen molar-refractivity contribution in [3.05, 3.63) is 17.7 Å². The van der Waals surface area contributed by atoms with E-state index in [1.807, 2.05) is 6.07 Å². The molecule has 2 aliphatic heterocycles. The van der Waals surface area contributed by atoms with Crippen molar-refractivity contribution in [1.29, 1.82) is 0 Å². The van der Waals surface area contributed by atoms with Crippen LogP contribution in [0.5, 0.6) is 11.5 Å². The molecule has 1 aromatic rings. The largest absolute Gasteiger partial charge is 0.486 e. The minimum Gasteiger partial charge on any atom is -0.486 e. The molecular weight excluding hydrogens is 278 g/mol. The first kappa shape index (κ1) is 12.5. The second kappa shape index (κ2) is 4.36. The second-order valence-corrected chi connectivity index (χ2v) is 7.71. The van der Waals surface area contributed by atoms with Crippen LogP contribution >= 0.6 is 0 Å². The summed E-state index contributed by atoms with van der Waals surface area (Å²) in [6, 6.07) is 4.14. The summed E-state index contributed by atoms with van der Waals surface area (Å²) in [7, 11) is -3.20. The Hall–Kier alpha value is -1.27. The Morgan fingerprint density at radius 1 is 1.05 bits per heavy atom. The number of rotatable bonds is 2. The molecule has 3 aliphatic rings. The molecule has 1 fully saturated rings. The van der Waals surface area contributed by atoms with E-state index in [-0.39, 0.29) is 11.8 Å². The highest BCUT2D eigenvalue weighted by Gasteiger charge is 2.35.